The molecule has 42 heavy (non-hydrogen) atoms. The third-order valence-electron chi connectivity index (χ3n) is 7.47. The van der Waals surface area contributed by atoms with Crippen LogP contribution in [0.2, 0.25) is 5.02 Å². The first-order chi connectivity index (χ1) is 20.0. The van der Waals surface area contributed by atoms with Crippen LogP contribution in [0.4, 0.5) is 10.5 Å². The highest BCUT2D eigenvalue weighted by Crippen LogP contribution is 2.32. The van der Waals surface area contributed by atoms with Gasteiger partial charge in [0.15, 0.2) is 11.5 Å². The zero-order valence-corrected chi connectivity index (χ0v) is 27.1. The predicted octanol–water partition coefficient (Wildman–Crippen LogP) is 8.30. The number of amides is 2. The molecule has 2 aromatic heterocycles. The van der Waals surface area contributed by atoms with Crippen LogP contribution in [0.1, 0.15) is 110 Å². The Bertz CT molecular complexity index is 1310. The Morgan fingerprint density at radius 2 is 1.69 bits per heavy atom. The van der Waals surface area contributed by atoms with Gasteiger partial charge < -0.3 is 15.0 Å². The Balaban J connectivity index is 1.38. The van der Waals surface area contributed by atoms with Crippen LogP contribution in [0.15, 0.2) is 18.2 Å². The fourth-order valence-electron chi connectivity index (χ4n) is 4.83. The number of hydrogen-bond acceptors (Lipinski definition) is 5. The number of nitrogens with zero attached hydrogens (tertiary/aromatic N) is 4. The molecule has 232 valence electrons. The number of esters is 1. The number of urea groups is 1. The lowest BCUT2D eigenvalue weighted by Crippen LogP contribution is -2.33. The summed E-state index contributed by atoms with van der Waals surface area (Å²) in [5.41, 5.74) is 3.71. The van der Waals surface area contributed by atoms with Crippen LogP contribution in [-0.4, -0.2) is 56.9 Å². The SMILES string of the molecule is CCCCCCCCCCCCOC(=O)CCN(C)C(=O)Nc1ccc(-c2nc3c(Cl)c(C(C)(C)C)[nH]n3n2)c(C)c1. The molecule has 1 aromatic carbocycles. The first-order valence-corrected chi connectivity index (χ1v) is 15.8. The van der Waals surface area contributed by atoms with E-state index in [4.69, 9.17) is 16.3 Å². The number of halogens is 1. The zero-order valence-electron chi connectivity index (χ0n) is 26.3. The average molecular weight is 601 g/mol. The van der Waals surface area contributed by atoms with Gasteiger partial charge in [-0.05, 0) is 37.1 Å². The highest BCUT2D eigenvalue weighted by Gasteiger charge is 2.24. The van der Waals surface area contributed by atoms with Crippen molar-refractivity contribution in [2.24, 2.45) is 0 Å². The summed E-state index contributed by atoms with van der Waals surface area (Å²) in [7, 11) is 1.67. The Hall–Kier alpha value is -3.07. The molecule has 2 heterocycles. The number of hydrogen-bond donors (Lipinski definition) is 2. The minimum absolute atomic E-state index is 0.157. The van der Waals surface area contributed by atoms with Crippen molar-refractivity contribution in [3.63, 3.8) is 0 Å². The molecule has 0 aliphatic heterocycles. The zero-order chi connectivity index (χ0) is 30.7. The van der Waals surface area contributed by atoms with Crippen molar-refractivity contribution in [1.82, 2.24) is 24.7 Å². The molecule has 3 rings (SSSR count). The second-order valence-corrected chi connectivity index (χ2v) is 12.6. The number of aryl methyl sites for hydroxylation is 1. The molecule has 0 bridgehead atoms. The minimum atomic E-state index is -0.292. The van der Waals surface area contributed by atoms with Crippen LogP contribution >= 0.6 is 11.6 Å². The number of rotatable bonds is 16. The Morgan fingerprint density at radius 3 is 2.29 bits per heavy atom. The van der Waals surface area contributed by atoms with Crippen LogP contribution in [-0.2, 0) is 14.9 Å². The molecular formula is C32H49ClN6O3. The maximum absolute atomic E-state index is 12.7. The van der Waals surface area contributed by atoms with E-state index in [0.29, 0.717) is 28.8 Å². The maximum Gasteiger partial charge on any atom is 0.321 e. The van der Waals surface area contributed by atoms with Crippen LogP contribution < -0.4 is 5.32 Å². The molecule has 3 aromatic rings. The number of aromatic nitrogens is 4. The lowest BCUT2D eigenvalue weighted by atomic mass is 9.92. The van der Waals surface area contributed by atoms with E-state index in [-0.39, 0.29) is 30.4 Å². The van der Waals surface area contributed by atoms with Crippen molar-refractivity contribution < 1.29 is 14.3 Å². The second kappa shape index (κ2) is 16.0. The van der Waals surface area contributed by atoms with E-state index in [1.807, 2.05) is 25.1 Å². The van der Waals surface area contributed by atoms with E-state index in [1.165, 1.54) is 56.3 Å². The Labute approximate surface area is 255 Å². The van der Waals surface area contributed by atoms with E-state index >= 15 is 0 Å². The van der Waals surface area contributed by atoms with Gasteiger partial charge in [0.05, 0.1) is 18.7 Å². The summed E-state index contributed by atoms with van der Waals surface area (Å²) in [5, 5.41) is 11.3. The molecule has 0 saturated carbocycles. The molecule has 0 saturated heterocycles. The van der Waals surface area contributed by atoms with Gasteiger partial charge in [-0.2, -0.15) is 4.63 Å². The molecule has 2 N–H and O–H groups in total. The van der Waals surface area contributed by atoms with Gasteiger partial charge in [-0.1, -0.05) is 97.1 Å². The number of carbonyl (C=O) groups excluding carboxylic acids is 2. The van der Waals surface area contributed by atoms with Crippen molar-refractivity contribution >= 4 is 34.9 Å². The fraction of sp³-hybridized carbons (Fsp3) is 0.625. The molecular weight excluding hydrogens is 552 g/mol. The average Bonchev–Trinajstić information content (AvgIpc) is 3.49. The number of benzene rings is 1. The molecule has 0 atom stereocenters. The topological polar surface area (TPSA) is 105 Å². The molecule has 0 spiro atoms. The molecule has 0 aliphatic rings. The van der Waals surface area contributed by atoms with Crippen LogP contribution in [0.3, 0.4) is 0 Å². The smallest absolute Gasteiger partial charge is 0.321 e. The summed E-state index contributed by atoms with van der Waals surface area (Å²) >= 11 is 6.57. The van der Waals surface area contributed by atoms with E-state index in [9.17, 15) is 9.59 Å². The van der Waals surface area contributed by atoms with E-state index in [0.717, 1.165) is 29.7 Å². The van der Waals surface area contributed by atoms with Gasteiger partial charge in [-0.15, -0.1) is 5.10 Å². The molecule has 0 fully saturated rings. The normalized spacial score (nSPS) is 11.7. The van der Waals surface area contributed by atoms with Crippen LogP contribution in [0.25, 0.3) is 17.0 Å². The number of nitrogens with one attached hydrogen (secondary N) is 2. The number of anilines is 1. The largest absolute Gasteiger partial charge is 0.466 e. The van der Waals surface area contributed by atoms with E-state index in [1.54, 1.807) is 11.7 Å². The Morgan fingerprint density at radius 1 is 1.05 bits per heavy atom. The van der Waals surface area contributed by atoms with Gasteiger partial charge >= 0.3 is 12.0 Å². The molecule has 0 unspecified atom stereocenters. The van der Waals surface area contributed by atoms with Gasteiger partial charge in [-0.25, -0.2) is 9.78 Å². The number of ether oxygens (including phenoxy) is 1. The highest BCUT2D eigenvalue weighted by atomic mass is 35.5. The summed E-state index contributed by atoms with van der Waals surface area (Å²) in [5.74, 6) is 0.275. The standard InChI is InChI=1S/C32H49ClN6O3/c1-7-8-9-10-11-12-13-14-15-16-21-42-26(40)19-20-38(6)31(41)34-24-17-18-25(23(2)22-24)29-35-30-27(33)28(32(3,4)5)36-39(30)37-29/h17-18,22,36H,7-16,19-21H2,1-6H3,(H,34,41). The third-order valence-corrected chi connectivity index (χ3v) is 7.83. The van der Waals surface area contributed by atoms with Crippen molar-refractivity contribution in [2.45, 2.75) is 111 Å². The Kier molecular flexibility index (Phi) is 12.7. The van der Waals surface area contributed by atoms with Crippen molar-refractivity contribution in [3.8, 4) is 11.4 Å². The first-order valence-electron chi connectivity index (χ1n) is 15.4. The summed E-state index contributed by atoms with van der Waals surface area (Å²) in [6, 6.07) is 5.27. The van der Waals surface area contributed by atoms with Gasteiger partial charge in [0.2, 0.25) is 0 Å². The molecule has 0 radical (unpaired) electrons. The number of unbranched alkanes of at least 4 members (excludes halogenated alkanes) is 9. The van der Waals surface area contributed by atoms with Gasteiger partial charge in [-0.3, -0.25) is 9.89 Å². The summed E-state index contributed by atoms with van der Waals surface area (Å²) in [4.78, 5) is 31.0. The predicted molar refractivity (Wildman–Crippen MR) is 170 cm³/mol. The van der Waals surface area contributed by atoms with E-state index < -0.39 is 0 Å². The van der Waals surface area contributed by atoms with Crippen molar-refractivity contribution in [2.75, 3.05) is 25.5 Å². The highest BCUT2D eigenvalue weighted by molar-refractivity contribution is 6.34. The van der Waals surface area contributed by atoms with Crippen LogP contribution in [0, 0.1) is 6.92 Å². The molecule has 2 amide bonds. The monoisotopic (exact) mass is 600 g/mol. The first kappa shape index (κ1) is 33.4. The lowest BCUT2D eigenvalue weighted by molar-refractivity contribution is -0.143. The molecule has 0 aliphatic carbocycles. The van der Waals surface area contributed by atoms with E-state index in [2.05, 4.69) is 48.2 Å². The van der Waals surface area contributed by atoms with Gasteiger partial charge in [0, 0.05) is 30.3 Å². The fourth-order valence-corrected chi connectivity index (χ4v) is 5.28. The van der Waals surface area contributed by atoms with Crippen LogP contribution in [0.5, 0.6) is 0 Å². The quantitative estimate of drug-likeness (QED) is 0.127. The number of carbonyl (C=O) groups is 2. The maximum atomic E-state index is 12.7. The van der Waals surface area contributed by atoms with Gasteiger partial charge in [0.25, 0.3) is 0 Å². The molecule has 9 nitrogen and oxygen atoms in total. The summed E-state index contributed by atoms with van der Waals surface area (Å²) in [6.45, 7) is 11.1. The summed E-state index contributed by atoms with van der Waals surface area (Å²) < 4.78 is 6.96. The van der Waals surface area contributed by atoms with Gasteiger partial charge in [0.1, 0.15) is 5.02 Å². The molecule has 10 heteroatoms. The lowest BCUT2D eigenvalue weighted by Gasteiger charge is -2.18. The number of fused-ring (bicyclic) bond motifs is 1. The third kappa shape index (κ3) is 9.75. The summed E-state index contributed by atoms with van der Waals surface area (Å²) in [6.07, 6.45) is 12.6. The number of aromatic amines is 1. The number of H-pyrrole nitrogens is 1. The second-order valence-electron chi connectivity index (χ2n) is 12.3. The van der Waals surface area contributed by atoms with Crippen molar-refractivity contribution in [3.05, 3.63) is 34.5 Å². The minimum Gasteiger partial charge on any atom is -0.466 e. The van der Waals surface area contributed by atoms with Crippen molar-refractivity contribution in [1.29, 1.82) is 0 Å².